The van der Waals surface area contributed by atoms with Crippen molar-refractivity contribution >= 4 is 5.69 Å². The second kappa shape index (κ2) is 4.39. The molecule has 1 atom stereocenters. The van der Waals surface area contributed by atoms with Gasteiger partial charge in [0.05, 0.1) is 6.04 Å². The molecule has 96 valence electrons. The average Bonchev–Trinajstić information content (AvgIpc) is 2.78. The van der Waals surface area contributed by atoms with Crippen LogP contribution in [0.5, 0.6) is 0 Å². The molecule has 0 aliphatic carbocycles. The first-order valence-electron chi connectivity index (χ1n) is 7.08. The molecule has 0 aromatic heterocycles. The second-order valence-corrected chi connectivity index (χ2v) is 5.39. The van der Waals surface area contributed by atoms with Gasteiger partial charge < -0.3 is 10.2 Å². The van der Waals surface area contributed by atoms with E-state index in [1.165, 1.54) is 35.3 Å². The summed E-state index contributed by atoms with van der Waals surface area (Å²) >= 11 is 0. The summed E-state index contributed by atoms with van der Waals surface area (Å²) in [7, 11) is 0. The molecule has 0 radical (unpaired) electrons. The van der Waals surface area contributed by atoms with Crippen molar-refractivity contribution in [2.24, 2.45) is 0 Å². The molecule has 4 rings (SSSR count). The van der Waals surface area contributed by atoms with Gasteiger partial charge in [0.25, 0.3) is 0 Å². The van der Waals surface area contributed by atoms with E-state index in [0.29, 0.717) is 6.04 Å². The van der Waals surface area contributed by atoms with E-state index < -0.39 is 0 Å². The van der Waals surface area contributed by atoms with Crippen molar-refractivity contribution in [3.05, 3.63) is 65.2 Å². The van der Waals surface area contributed by atoms with Gasteiger partial charge in [-0.3, -0.25) is 0 Å². The molecule has 2 aromatic rings. The molecule has 1 N–H and O–H groups in total. The normalized spacial score (nSPS) is 21.1. The van der Waals surface area contributed by atoms with E-state index >= 15 is 0 Å². The van der Waals surface area contributed by atoms with Gasteiger partial charge in [0.2, 0.25) is 0 Å². The Morgan fingerprint density at radius 2 is 1.84 bits per heavy atom. The highest BCUT2D eigenvalue weighted by Crippen LogP contribution is 2.38. The van der Waals surface area contributed by atoms with Gasteiger partial charge in [-0.15, -0.1) is 0 Å². The van der Waals surface area contributed by atoms with Gasteiger partial charge in [-0.05, 0) is 23.1 Å². The lowest BCUT2D eigenvalue weighted by Crippen LogP contribution is -2.28. The lowest BCUT2D eigenvalue weighted by Gasteiger charge is -2.21. The first-order valence-corrected chi connectivity index (χ1v) is 7.08. The molecule has 2 heterocycles. The molecule has 0 bridgehead atoms. The van der Waals surface area contributed by atoms with E-state index in [1.54, 1.807) is 0 Å². The Morgan fingerprint density at radius 1 is 0.947 bits per heavy atom. The highest BCUT2D eigenvalue weighted by atomic mass is 15.2. The molecule has 0 fully saturated rings. The molecule has 2 aromatic carbocycles. The minimum absolute atomic E-state index is 0.333. The fourth-order valence-electron chi connectivity index (χ4n) is 3.42. The summed E-state index contributed by atoms with van der Waals surface area (Å²) in [6.07, 6.45) is 1.20. The van der Waals surface area contributed by atoms with E-state index in [2.05, 4.69) is 58.7 Å². The van der Waals surface area contributed by atoms with Crippen LogP contribution in [0.15, 0.2) is 48.5 Å². The Kier molecular flexibility index (Phi) is 2.56. The predicted molar refractivity (Wildman–Crippen MR) is 78.6 cm³/mol. The van der Waals surface area contributed by atoms with Crippen molar-refractivity contribution in [3.63, 3.8) is 0 Å². The van der Waals surface area contributed by atoms with Gasteiger partial charge in [0.1, 0.15) is 0 Å². The predicted octanol–water partition coefficient (Wildman–Crippen LogP) is 2.74. The summed E-state index contributed by atoms with van der Waals surface area (Å²) < 4.78 is 0. The third kappa shape index (κ3) is 1.75. The summed E-state index contributed by atoms with van der Waals surface area (Å²) in [6, 6.07) is 17.9. The van der Waals surface area contributed by atoms with Crippen LogP contribution in [0.1, 0.15) is 22.7 Å². The van der Waals surface area contributed by atoms with Crippen molar-refractivity contribution in [3.8, 4) is 0 Å². The summed E-state index contributed by atoms with van der Waals surface area (Å²) in [5.74, 6) is 0. The lowest BCUT2D eigenvalue weighted by atomic mass is 9.95. The number of hydrogen-bond donors (Lipinski definition) is 1. The Hall–Kier alpha value is -1.80. The van der Waals surface area contributed by atoms with Crippen LogP contribution in [-0.4, -0.2) is 19.6 Å². The van der Waals surface area contributed by atoms with E-state index in [9.17, 15) is 0 Å². The Labute approximate surface area is 114 Å². The third-order valence-corrected chi connectivity index (χ3v) is 4.29. The Balaban J connectivity index is 1.87. The zero-order valence-corrected chi connectivity index (χ0v) is 11.0. The first kappa shape index (κ1) is 11.1. The SMILES string of the molecule is c1ccc([C@H]2NCCN3CCc4cccc2c43)cc1. The first-order chi connectivity index (χ1) is 9.43. The second-order valence-electron chi connectivity index (χ2n) is 5.39. The van der Waals surface area contributed by atoms with E-state index in [0.717, 1.165) is 13.1 Å². The van der Waals surface area contributed by atoms with E-state index in [4.69, 9.17) is 0 Å². The van der Waals surface area contributed by atoms with Gasteiger partial charge in [-0.2, -0.15) is 0 Å². The maximum atomic E-state index is 3.70. The van der Waals surface area contributed by atoms with Gasteiger partial charge in [0, 0.05) is 25.3 Å². The minimum Gasteiger partial charge on any atom is -0.369 e. The van der Waals surface area contributed by atoms with Crippen LogP contribution in [0.3, 0.4) is 0 Å². The number of nitrogens with one attached hydrogen (secondary N) is 1. The van der Waals surface area contributed by atoms with Crippen LogP contribution in [-0.2, 0) is 6.42 Å². The largest absolute Gasteiger partial charge is 0.369 e. The summed E-state index contributed by atoms with van der Waals surface area (Å²) in [6.45, 7) is 3.34. The van der Waals surface area contributed by atoms with Gasteiger partial charge >= 0.3 is 0 Å². The molecule has 0 amide bonds. The highest BCUT2D eigenvalue weighted by molar-refractivity contribution is 5.66. The van der Waals surface area contributed by atoms with Crippen LogP contribution in [0.25, 0.3) is 0 Å². The third-order valence-electron chi connectivity index (χ3n) is 4.29. The Bertz CT molecular complexity index is 591. The number of nitrogens with zero attached hydrogens (tertiary/aromatic N) is 1. The van der Waals surface area contributed by atoms with Crippen molar-refractivity contribution in [1.82, 2.24) is 5.32 Å². The van der Waals surface area contributed by atoms with Crippen LogP contribution in [0, 0.1) is 0 Å². The molecule has 2 nitrogen and oxygen atoms in total. The Morgan fingerprint density at radius 3 is 2.74 bits per heavy atom. The quantitative estimate of drug-likeness (QED) is 0.837. The summed E-state index contributed by atoms with van der Waals surface area (Å²) in [4.78, 5) is 2.54. The smallest absolute Gasteiger partial charge is 0.0597 e. The van der Waals surface area contributed by atoms with Crippen LogP contribution in [0.2, 0.25) is 0 Å². The standard InChI is InChI=1S/C17H18N2/c1-2-5-13(6-3-1)16-15-8-4-7-14-9-11-19(17(14)15)12-10-18-16/h1-8,16,18H,9-12H2/t16-/m1/s1. The van der Waals surface area contributed by atoms with Gasteiger partial charge in [-0.25, -0.2) is 0 Å². The molecule has 0 saturated heterocycles. The lowest BCUT2D eigenvalue weighted by molar-refractivity contribution is 0.620. The minimum atomic E-state index is 0.333. The molecule has 2 aliphatic rings. The zero-order chi connectivity index (χ0) is 12.7. The number of anilines is 1. The molecular formula is C17H18N2. The maximum absolute atomic E-state index is 3.70. The maximum Gasteiger partial charge on any atom is 0.0597 e. The topological polar surface area (TPSA) is 15.3 Å². The molecule has 19 heavy (non-hydrogen) atoms. The average molecular weight is 250 g/mol. The fourth-order valence-corrected chi connectivity index (χ4v) is 3.42. The summed E-state index contributed by atoms with van der Waals surface area (Å²) in [5.41, 5.74) is 5.81. The summed E-state index contributed by atoms with van der Waals surface area (Å²) in [5, 5.41) is 3.70. The monoisotopic (exact) mass is 250 g/mol. The van der Waals surface area contributed by atoms with Crippen molar-refractivity contribution in [1.29, 1.82) is 0 Å². The van der Waals surface area contributed by atoms with Gasteiger partial charge in [-0.1, -0.05) is 48.5 Å². The molecule has 0 unspecified atom stereocenters. The van der Waals surface area contributed by atoms with E-state index in [1.807, 2.05) is 0 Å². The van der Waals surface area contributed by atoms with Crippen LogP contribution >= 0.6 is 0 Å². The number of benzene rings is 2. The molecule has 2 heteroatoms. The molecule has 0 spiro atoms. The van der Waals surface area contributed by atoms with Crippen LogP contribution in [0.4, 0.5) is 5.69 Å². The molecular weight excluding hydrogens is 232 g/mol. The molecule has 2 aliphatic heterocycles. The van der Waals surface area contributed by atoms with Crippen LogP contribution < -0.4 is 10.2 Å². The van der Waals surface area contributed by atoms with Crippen molar-refractivity contribution < 1.29 is 0 Å². The van der Waals surface area contributed by atoms with Gasteiger partial charge in [0.15, 0.2) is 0 Å². The van der Waals surface area contributed by atoms with Crippen molar-refractivity contribution in [2.45, 2.75) is 12.5 Å². The van der Waals surface area contributed by atoms with Crippen molar-refractivity contribution in [2.75, 3.05) is 24.5 Å². The number of hydrogen-bond acceptors (Lipinski definition) is 2. The van der Waals surface area contributed by atoms with E-state index in [-0.39, 0.29) is 0 Å². The highest BCUT2D eigenvalue weighted by Gasteiger charge is 2.28. The molecule has 0 saturated carbocycles. The number of rotatable bonds is 1. The zero-order valence-electron chi connectivity index (χ0n) is 11.0. The number of para-hydroxylation sites is 1. The fraction of sp³-hybridized carbons (Fsp3) is 0.294.